The number of aromatic nitrogens is 2. The van der Waals surface area contributed by atoms with E-state index in [2.05, 4.69) is 16.5 Å². The Labute approximate surface area is 97.7 Å². The summed E-state index contributed by atoms with van der Waals surface area (Å²) in [6.07, 6.45) is 0. The van der Waals surface area contributed by atoms with E-state index in [1.54, 1.807) is 11.8 Å². The lowest BCUT2D eigenvalue weighted by Crippen LogP contribution is -1.87. The van der Waals surface area contributed by atoms with Gasteiger partial charge in [-0.15, -0.1) is 11.6 Å². The Kier molecular flexibility index (Phi) is 3.34. The Morgan fingerprint density at radius 3 is 3.00 bits per heavy atom. The normalized spacial score (nSPS) is 10.7. The number of benzene rings is 1. The first kappa shape index (κ1) is 10.6. The van der Waals surface area contributed by atoms with Crippen molar-refractivity contribution in [1.29, 1.82) is 0 Å². The van der Waals surface area contributed by atoms with Crippen molar-refractivity contribution in [2.75, 3.05) is 11.6 Å². The number of thioether (sulfide) groups is 1. The van der Waals surface area contributed by atoms with Crippen LogP contribution in [0.25, 0.3) is 11.0 Å². The van der Waals surface area contributed by atoms with Gasteiger partial charge in [0.05, 0.1) is 11.0 Å². The molecule has 0 aliphatic heterocycles. The standard InChI is InChI=1S/C11H11ClN2S/c1-8(6-12)7-15-11-13-9-4-2-3-5-10(9)14-11/h2-5H,1,6-7H2,(H,13,14). The van der Waals surface area contributed by atoms with Crippen LogP contribution >= 0.6 is 23.4 Å². The van der Waals surface area contributed by atoms with Gasteiger partial charge >= 0.3 is 0 Å². The summed E-state index contributed by atoms with van der Waals surface area (Å²) in [5.41, 5.74) is 3.08. The maximum Gasteiger partial charge on any atom is 0.166 e. The Balaban J connectivity index is 2.12. The number of H-pyrrole nitrogens is 1. The first-order valence-corrected chi connectivity index (χ1v) is 6.12. The predicted octanol–water partition coefficient (Wildman–Crippen LogP) is 3.45. The van der Waals surface area contributed by atoms with E-state index in [1.165, 1.54) is 0 Å². The minimum atomic E-state index is 0.507. The molecule has 0 radical (unpaired) electrons. The van der Waals surface area contributed by atoms with Gasteiger partial charge in [-0.2, -0.15) is 0 Å². The van der Waals surface area contributed by atoms with E-state index in [1.807, 2.05) is 24.3 Å². The zero-order valence-corrected chi connectivity index (χ0v) is 9.74. The van der Waals surface area contributed by atoms with Gasteiger partial charge < -0.3 is 4.98 Å². The highest BCUT2D eigenvalue weighted by Crippen LogP contribution is 2.20. The second-order valence-electron chi connectivity index (χ2n) is 3.23. The van der Waals surface area contributed by atoms with Crippen LogP contribution in [0.2, 0.25) is 0 Å². The largest absolute Gasteiger partial charge is 0.333 e. The molecule has 0 amide bonds. The molecule has 0 aliphatic rings. The van der Waals surface area contributed by atoms with Gasteiger partial charge in [-0.1, -0.05) is 36.0 Å². The molecule has 1 aromatic heterocycles. The van der Waals surface area contributed by atoms with Gasteiger partial charge in [-0.25, -0.2) is 4.98 Å². The summed E-state index contributed by atoms with van der Waals surface area (Å²) in [5, 5.41) is 0.919. The van der Waals surface area contributed by atoms with Crippen molar-refractivity contribution in [2.24, 2.45) is 0 Å². The molecule has 15 heavy (non-hydrogen) atoms. The van der Waals surface area contributed by atoms with E-state index in [0.29, 0.717) is 5.88 Å². The lowest BCUT2D eigenvalue weighted by Gasteiger charge is -1.97. The summed E-state index contributed by atoms with van der Waals surface area (Å²) in [6, 6.07) is 7.98. The fourth-order valence-electron chi connectivity index (χ4n) is 1.21. The SMILES string of the molecule is C=C(CCl)CSc1nc2ccccc2[nH]1. The van der Waals surface area contributed by atoms with Crippen molar-refractivity contribution in [3.8, 4) is 0 Å². The summed E-state index contributed by atoms with van der Waals surface area (Å²) in [6.45, 7) is 3.85. The van der Waals surface area contributed by atoms with E-state index in [9.17, 15) is 0 Å². The van der Waals surface area contributed by atoms with Gasteiger partial charge in [0.15, 0.2) is 5.16 Å². The Hall–Kier alpha value is -0.930. The third-order valence-corrected chi connectivity index (χ3v) is 3.37. The number of nitrogens with zero attached hydrogens (tertiary/aromatic N) is 1. The minimum absolute atomic E-state index is 0.507. The number of alkyl halides is 1. The summed E-state index contributed by atoms with van der Waals surface area (Å²) in [7, 11) is 0. The number of para-hydroxylation sites is 2. The fourth-order valence-corrected chi connectivity index (χ4v) is 2.20. The molecule has 1 aromatic carbocycles. The number of halogens is 1. The molecule has 2 rings (SSSR count). The molecule has 2 nitrogen and oxygen atoms in total. The van der Waals surface area contributed by atoms with Gasteiger partial charge in [0.25, 0.3) is 0 Å². The highest BCUT2D eigenvalue weighted by molar-refractivity contribution is 7.99. The van der Waals surface area contributed by atoms with Crippen LogP contribution in [0, 0.1) is 0 Å². The van der Waals surface area contributed by atoms with Crippen molar-refractivity contribution in [1.82, 2.24) is 9.97 Å². The minimum Gasteiger partial charge on any atom is -0.333 e. The lowest BCUT2D eigenvalue weighted by atomic mass is 10.3. The van der Waals surface area contributed by atoms with Crippen molar-refractivity contribution in [3.05, 3.63) is 36.4 Å². The molecular weight excluding hydrogens is 228 g/mol. The highest BCUT2D eigenvalue weighted by atomic mass is 35.5. The van der Waals surface area contributed by atoms with Crippen LogP contribution in [0.5, 0.6) is 0 Å². The smallest absolute Gasteiger partial charge is 0.166 e. The van der Waals surface area contributed by atoms with Crippen LogP contribution in [-0.2, 0) is 0 Å². The number of imidazole rings is 1. The number of hydrogen-bond donors (Lipinski definition) is 1. The topological polar surface area (TPSA) is 28.7 Å². The number of aromatic amines is 1. The summed E-state index contributed by atoms with van der Waals surface area (Å²) in [4.78, 5) is 7.68. The fraction of sp³-hybridized carbons (Fsp3) is 0.182. The molecule has 0 fully saturated rings. The van der Waals surface area contributed by atoms with E-state index < -0.39 is 0 Å². The Bertz CT molecular complexity index is 445. The molecule has 0 saturated carbocycles. The van der Waals surface area contributed by atoms with Gasteiger partial charge in [-0.3, -0.25) is 0 Å². The van der Waals surface area contributed by atoms with Crippen LogP contribution < -0.4 is 0 Å². The third-order valence-electron chi connectivity index (χ3n) is 1.97. The Morgan fingerprint density at radius 2 is 2.27 bits per heavy atom. The van der Waals surface area contributed by atoms with E-state index in [4.69, 9.17) is 11.6 Å². The summed E-state index contributed by atoms with van der Waals surface area (Å²) < 4.78 is 0. The summed E-state index contributed by atoms with van der Waals surface area (Å²) in [5.74, 6) is 1.32. The number of hydrogen-bond acceptors (Lipinski definition) is 2. The van der Waals surface area contributed by atoms with Crippen molar-refractivity contribution in [2.45, 2.75) is 5.16 Å². The van der Waals surface area contributed by atoms with Crippen molar-refractivity contribution in [3.63, 3.8) is 0 Å². The van der Waals surface area contributed by atoms with E-state index in [0.717, 1.165) is 27.5 Å². The van der Waals surface area contributed by atoms with Crippen LogP contribution in [0.1, 0.15) is 0 Å². The average molecular weight is 239 g/mol. The molecular formula is C11H11ClN2S. The van der Waals surface area contributed by atoms with E-state index in [-0.39, 0.29) is 0 Å². The first-order chi connectivity index (χ1) is 7.29. The quantitative estimate of drug-likeness (QED) is 0.502. The van der Waals surface area contributed by atoms with Crippen LogP contribution in [0.15, 0.2) is 41.6 Å². The molecule has 1 N–H and O–H groups in total. The van der Waals surface area contributed by atoms with Gasteiger partial charge in [0, 0.05) is 11.6 Å². The Morgan fingerprint density at radius 1 is 1.47 bits per heavy atom. The van der Waals surface area contributed by atoms with Gasteiger partial charge in [0.2, 0.25) is 0 Å². The average Bonchev–Trinajstić information content (AvgIpc) is 2.68. The van der Waals surface area contributed by atoms with Gasteiger partial charge in [0.1, 0.15) is 0 Å². The molecule has 4 heteroatoms. The monoisotopic (exact) mass is 238 g/mol. The van der Waals surface area contributed by atoms with Crippen LogP contribution in [0.3, 0.4) is 0 Å². The third kappa shape index (κ3) is 2.55. The predicted molar refractivity (Wildman–Crippen MR) is 66.7 cm³/mol. The highest BCUT2D eigenvalue weighted by Gasteiger charge is 2.02. The molecule has 0 saturated heterocycles. The van der Waals surface area contributed by atoms with Crippen molar-refractivity contribution < 1.29 is 0 Å². The number of nitrogens with one attached hydrogen (secondary N) is 1. The molecule has 0 atom stereocenters. The lowest BCUT2D eigenvalue weighted by molar-refractivity contribution is 1.08. The van der Waals surface area contributed by atoms with Crippen molar-refractivity contribution >= 4 is 34.4 Å². The van der Waals surface area contributed by atoms with Crippen LogP contribution in [0.4, 0.5) is 0 Å². The molecule has 0 unspecified atom stereocenters. The van der Waals surface area contributed by atoms with Crippen LogP contribution in [-0.4, -0.2) is 21.6 Å². The zero-order chi connectivity index (χ0) is 10.7. The van der Waals surface area contributed by atoms with E-state index >= 15 is 0 Å². The molecule has 0 spiro atoms. The maximum atomic E-state index is 5.65. The molecule has 0 bridgehead atoms. The molecule has 78 valence electrons. The molecule has 2 aromatic rings. The molecule has 0 aliphatic carbocycles. The number of fused-ring (bicyclic) bond motifs is 1. The second kappa shape index (κ2) is 4.73. The molecule has 1 heterocycles. The first-order valence-electron chi connectivity index (χ1n) is 4.60. The zero-order valence-electron chi connectivity index (χ0n) is 8.16. The summed E-state index contributed by atoms with van der Waals surface area (Å²) >= 11 is 7.28. The van der Waals surface area contributed by atoms with Gasteiger partial charge in [-0.05, 0) is 12.1 Å². The number of rotatable bonds is 4. The second-order valence-corrected chi connectivity index (χ2v) is 4.46. The maximum absolute atomic E-state index is 5.65.